The second-order valence-electron chi connectivity index (χ2n) is 7.28. The number of fused-ring (bicyclic) bond motifs is 3. The lowest BCUT2D eigenvalue weighted by Gasteiger charge is -2.27. The van der Waals surface area contributed by atoms with Crippen LogP contribution in [0.4, 0.5) is 10.5 Å². The molecule has 1 aliphatic rings. The molecule has 2 amide bonds. The molecule has 1 aromatic heterocycles. The summed E-state index contributed by atoms with van der Waals surface area (Å²) >= 11 is 0. The number of urea groups is 1. The van der Waals surface area contributed by atoms with E-state index >= 15 is 0 Å². The lowest BCUT2D eigenvalue weighted by Crippen LogP contribution is -2.48. The summed E-state index contributed by atoms with van der Waals surface area (Å²) in [5, 5.41) is 8.87. The van der Waals surface area contributed by atoms with Gasteiger partial charge < -0.3 is 20.1 Å². The largest absolute Gasteiger partial charge is 0.338 e. The van der Waals surface area contributed by atoms with Crippen LogP contribution in [0.1, 0.15) is 25.5 Å². The first-order valence-corrected chi connectivity index (χ1v) is 9.37. The number of piperazine rings is 1. The number of carbonyl (C=O) groups excluding carboxylic acids is 1. The number of hydrogen-bond acceptors (Lipinski definition) is 2. The molecular formula is C21H26N4O. The molecule has 4 rings (SSSR count). The maximum Gasteiger partial charge on any atom is 0.321 e. The summed E-state index contributed by atoms with van der Waals surface area (Å²) in [5.41, 5.74) is 4.49. The first-order valence-electron chi connectivity index (χ1n) is 9.37. The van der Waals surface area contributed by atoms with Crippen LogP contribution in [0.5, 0.6) is 0 Å². The standard InChI is InChI=1S/C21H26N4O/c1-14(2)25-18-7-5-4-6-16(18)20-15(3)17(8-9-19(20)25)23-21(26)24-12-10-22-11-13-24/h4-9,14,22H,10-13H2,1-3H3,(H,23,26). The van der Waals surface area contributed by atoms with Crippen LogP contribution in [0, 0.1) is 6.92 Å². The van der Waals surface area contributed by atoms with Gasteiger partial charge in [0.15, 0.2) is 0 Å². The van der Waals surface area contributed by atoms with Crippen molar-refractivity contribution in [2.24, 2.45) is 0 Å². The summed E-state index contributed by atoms with van der Waals surface area (Å²) < 4.78 is 2.37. The molecule has 0 spiro atoms. The van der Waals surface area contributed by atoms with Gasteiger partial charge in [0.2, 0.25) is 0 Å². The van der Waals surface area contributed by atoms with E-state index in [2.05, 4.69) is 66.3 Å². The van der Waals surface area contributed by atoms with Crippen molar-refractivity contribution in [3.63, 3.8) is 0 Å². The zero-order valence-electron chi connectivity index (χ0n) is 15.7. The van der Waals surface area contributed by atoms with Crippen molar-refractivity contribution >= 4 is 33.5 Å². The fourth-order valence-corrected chi connectivity index (χ4v) is 4.02. The Bertz CT molecular complexity index is 967. The Balaban J connectivity index is 1.79. The highest BCUT2D eigenvalue weighted by molar-refractivity contribution is 6.12. The van der Waals surface area contributed by atoms with E-state index in [-0.39, 0.29) is 6.03 Å². The number of nitrogens with zero attached hydrogens (tertiary/aromatic N) is 2. The highest BCUT2D eigenvalue weighted by atomic mass is 16.2. The fourth-order valence-electron chi connectivity index (χ4n) is 4.02. The van der Waals surface area contributed by atoms with Crippen LogP contribution >= 0.6 is 0 Å². The maximum absolute atomic E-state index is 12.6. The van der Waals surface area contributed by atoms with Gasteiger partial charge in [0.25, 0.3) is 0 Å². The molecule has 2 aromatic carbocycles. The summed E-state index contributed by atoms with van der Waals surface area (Å²) in [4.78, 5) is 14.5. The third-order valence-corrected chi connectivity index (χ3v) is 5.30. The van der Waals surface area contributed by atoms with Crippen molar-refractivity contribution in [3.8, 4) is 0 Å². The second kappa shape index (κ2) is 6.65. The number of benzene rings is 2. The topological polar surface area (TPSA) is 49.3 Å². The number of amides is 2. The van der Waals surface area contributed by atoms with Crippen molar-refractivity contribution in [3.05, 3.63) is 42.0 Å². The zero-order chi connectivity index (χ0) is 18.3. The first kappa shape index (κ1) is 16.9. The van der Waals surface area contributed by atoms with Crippen molar-refractivity contribution in [1.82, 2.24) is 14.8 Å². The number of aryl methyl sites for hydroxylation is 1. The quantitative estimate of drug-likeness (QED) is 0.730. The molecule has 0 aliphatic carbocycles. The molecule has 0 bridgehead atoms. The van der Waals surface area contributed by atoms with E-state index in [1.54, 1.807) is 0 Å². The van der Waals surface area contributed by atoms with Crippen LogP contribution in [0.15, 0.2) is 36.4 Å². The fraction of sp³-hybridized carbons (Fsp3) is 0.381. The Labute approximate surface area is 154 Å². The molecule has 1 aliphatic heterocycles. The highest BCUT2D eigenvalue weighted by Gasteiger charge is 2.19. The number of anilines is 1. The molecule has 5 nitrogen and oxygen atoms in total. The Hall–Kier alpha value is -2.53. The highest BCUT2D eigenvalue weighted by Crippen LogP contribution is 2.36. The number of carbonyl (C=O) groups is 1. The number of nitrogens with one attached hydrogen (secondary N) is 2. The molecule has 26 heavy (non-hydrogen) atoms. The van der Waals surface area contributed by atoms with Crippen molar-refractivity contribution < 1.29 is 4.79 Å². The van der Waals surface area contributed by atoms with Crippen LogP contribution in [0.3, 0.4) is 0 Å². The minimum absolute atomic E-state index is 0.0125. The number of para-hydroxylation sites is 1. The SMILES string of the molecule is Cc1c(NC(=O)N2CCNCC2)ccc2c1c1ccccc1n2C(C)C. The molecular weight excluding hydrogens is 324 g/mol. The summed E-state index contributed by atoms with van der Waals surface area (Å²) in [6.07, 6.45) is 0. The number of aromatic nitrogens is 1. The Morgan fingerprint density at radius 1 is 1.08 bits per heavy atom. The van der Waals surface area contributed by atoms with Gasteiger partial charge in [-0.05, 0) is 44.5 Å². The van der Waals surface area contributed by atoms with Crippen LogP contribution in [-0.4, -0.2) is 41.7 Å². The monoisotopic (exact) mass is 350 g/mol. The van der Waals surface area contributed by atoms with Crippen LogP contribution < -0.4 is 10.6 Å². The van der Waals surface area contributed by atoms with Gasteiger partial charge in [-0.2, -0.15) is 0 Å². The van der Waals surface area contributed by atoms with Gasteiger partial charge >= 0.3 is 6.03 Å². The molecule has 0 atom stereocenters. The van der Waals surface area contributed by atoms with E-state index < -0.39 is 0 Å². The molecule has 2 heterocycles. The lowest BCUT2D eigenvalue weighted by atomic mass is 10.1. The lowest BCUT2D eigenvalue weighted by molar-refractivity contribution is 0.204. The number of hydrogen-bond donors (Lipinski definition) is 2. The van der Waals surface area contributed by atoms with Crippen LogP contribution in [0.25, 0.3) is 21.8 Å². The normalized spacial score (nSPS) is 15.2. The summed E-state index contributed by atoms with van der Waals surface area (Å²) in [6, 6.07) is 13.0. The van der Waals surface area contributed by atoms with E-state index in [4.69, 9.17) is 0 Å². The minimum atomic E-state index is -0.0125. The Morgan fingerprint density at radius 2 is 1.81 bits per heavy atom. The third kappa shape index (κ3) is 2.72. The molecule has 3 aromatic rings. The summed E-state index contributed by atoms with van der Waals surface area (Å²) in [5.74, 6) is 0. The molecule has 1 saturated heterocycles. The van der Waals surface area contributed by atoms with E-state index in [1.807, 2.05) is 11.0 Å². The first-order chi connectivity index (χ1) is 12.6. The molecule has 0 unspecified atom stereocenters. The molecule has 0 radical (unpaired) electrons. The average molecular weight is 350 g/mol. The van der Waals surface area contributed by atoms with Gasteiger partial charge in [-0.25, -0.2) is 4.79 Å². The average Bonchev–Trinajstić information content (AvgIpc) is 3.00. The van der Waals surface area contributed by atoms with Crippen molar-refractivity contribution in [1.29, 1.82) is 0 Å². The van der Waals surface area contributed by atoms with E-state index in [0.717, 1.165) is 37.4 Å². The zero-order valence-corrected chi connectivity index (χ0v) is 15.7. The second-order valence-corrected chi connectivity index (χ2v) is 7.28. The smallest absolute Gasteiger partial charge is 0.321 e. The van der Waals surface area contributed by atoms with Gasteiger partial charge in [-0.1, -0.05) is 18.2 Å². The maximum atomic E-state index is 12.6. The van der Waals surface area contributed by atoms with Crippen LogP contribution in [0.2, 0.25) is 0 Å². The van der Waals surface area contributed by atoms with E-state index in [0.29, 0.717) is 6.04 Å². The van der Waals surface area contributed by atoms with Gasteiger partial charge in [0.1, 0.15) is 0 Å². The van der Waals surface area contributed by atoms with Gasteiger partial charge in [-0.3, -0.25) is 0 Å². The van der Waals surface area contributed by atoms with E-state index in [1.165, 1.54) is 21.8 Å². The molecule has 0 saturated carbocycles. The summed E-state index contributed by atoms with van der Waals surface area (Å²) in [6.45, 7) is 9.73. The van der Waals surface area contributed by atoms with Crippen molar-refractivity contribution in [2.45, 2.75) is 26.8 Å². The molecule has 5 heteroatoms. The van der Waals surface area contributed by atoms with Crippen molar-refractivity contribution in [2.75, 3.05) is 31.5 Å². The van der Waals surface area contributed by atoms with Gasteiger partial charge in [-0.15, -0.1) is 0 Å². The minimum Gasteiger partial charge on any atom is -0.338 e. The predicted octanol–water partition coefficient (Wildman–Crippen LogP) is 4.12. The van der Waals surface area contributed by atoms with Gasteiger partial charge in [0, 0.05) is 59.7 Å². The Kier molecular flexibility index (Phi) is 4.32. The molecule has 2 N–H and O–H groups in total. The van der Waals surface area contributed by atoms with E-state index in [9.17, 15) is 4.79 Å². The van der Waals surface area contributed by atoms with Gasteiger partial charge in [0.05, 0.1) is 0 Å². The molecule has 136 valence electrons. The summed E-state index contributed by atoms with van der Waals surface area (Å²) in [7, 11) is 0. The third-order valence-electron chi connectivity index (χ3n) is 5.30. The Morgan fingerprint density at radius 3 is 2.54 bits per heavy atom. The molecule has 1 fully saturated rings. The number of rotatable bonds is 2. The predicted molar refractivity (Wildman–Crippen MR) is 108 cm³/mol. The van der Waals surface area contributed by atoms with Crippen LogP contribution in [-0.2, 0) is 0 Å².